The quantitative estimate of drug-likeness (QED) is 0.723. The van der Waals surface area contributed by atoms with E-state index in [0.717, 1.165) is 34.9 Å². The van der Waals surface area contributed by atoms with E-state index in [0.29, 0.717) is 0 Å². The first kappa shape index (κ1) is 17.6. The van der Waals surface area contributed by atoms with Crippen LogP contribution in [0.3, 0.4) is 0 Å². The van der Waals surface area contributed by atoms with Crippen molar-refractivity contribution in [3.63, 3.8) is 0 Å². The molecule has 5 nitrogen and oxygen atoms in total. The van der Waals surface area contributed by atoms with Crippen LogP contribution in [-0.4, -0.2) is 15.7 Å². The van der Waals surface area contributed by atoms with Gasteiger partial charge in [-0.2, -0.15) is 5.10 Å². The molecule has 2 atom stereocenters. The third-order valence-corrected chi connectivity index (χ3v) is 5.11. The van der Waals surface area contributed by atoms with E-state index in [1.54, 1.807) is 6.26 Å². The molecule has 1 fully saturated rings. The molecule has 0 spiro atoms. The first-order valence-electron chi connectivity index (χ1n) is 9.36. The van der Waals surface area contributed by atoms with E-state index in [1.165, 1.54) is 0 Å². The zero-order valence-electron chi connectivity index (χ0n) is 16.2. The van der Waals surface area contributed by atoms with Crippen molar-refractivity contribution in [2.24, 2.45) is 5.92 Å². The van der Waals surface area contributed by atoms with E-state index in [4.69, 9.17) is 9.52 Å². The van der Waals surface area contributed by atoms with Crippen molar-refractivity contribution in [3.05, 3.63) is 65.7 Å². The second-order valence-corrected chi connectivity index (χ2v) is 8.27. The maximum absolute atomic E-state index is 12.9. The number of benzene rings is 1. The molecule has 2 unspecified atom stereocenters. The van der Waals surface area contributed by atoms with E-state index >= 15 is 0 Å². The number of para-hydroxylation sites is 1. The number of carbonyl (C=O) groups excluding carboxylic acids is 1. The van der Waals surface area contributed by atoms with Gasteiger partial charge in [-0.15, -0.1) is 0 Å². The highest BCUT2D eigenvalue weighted by Gasteiger charge is 2.46. The Morgan fingerprint density at radius 2 is 1.93 bits per heavy atom. The lowest BCUT2D eigenvalue weighted by molar-refractivity contribution is -0.117. The zero-order chi connectivity index (χ0) is 19.2. The Balaban J connectivity index is 1.65. The Morgan fingerprint density at radius 3 is 2.56 bits per heavy atom. The summed E-state index contributed by atoms with van der Waals surface area (Å²) in [5.41, 5.74) is 2.82. The normalized spacial score (nSPS) is 19.1. The average molecular weight is 363 g/mol. The number of amides is 1. The smallest absolute Gasteiger partial charge is 0.229 e. The summed E-state index contributed by atoms with van der Waals surface area (Å²) in [6, 6.07) is 13.7. The fourth-order valence-electron chi connectivity index (χ4n) is 3.62. The molecule has 1 aromatic carbocycles. The van der Waals surface area contributed by atoms with Crippen LogP contribution in [-0.2, 0) is 10.2 Å². The van der Waals surface area contributed by atoms with Crippen LogP contribution >= 0.6 is 0 Å². The molecule has 3 aromatic rings. The maximum atomic E-state index is 12.9. The number of furan rings is 1. The molecular formula is C22H25N3O2. The fourth-order valence-corrected chi connectivity index (χ4v) is 3.62. The summed E-state index contributed by atoms with van der Waals surface area (Å²) in [7, 11) is 0. The van der Waals surface area contributed by atoms with Crippen LogP contribution in [0.15, 0.2) is 53.1 Å². The lowest BCUT2D eigenvalue weighted by Crippen LogP contribution is -2.18. The van der Waals surface area contributed by atoms with Gasteiger partial charge < -0.3 is 9.73 Å². The van der Waals surface area contributed by atoms with Crippen LogP contribution in [0.1, 0.15) is 50.1 Å². The van der Waals surface area contributed by atoms with Gasteiger partial charge in [0.2, 0.25) is 5.91 Å². The molecule has 2 aromatic heterocycles. The molecular weight excluding hydrogens is 338 g/mol. The molecule has 5 heteroatoms. The molecule has 0 bridgehead atoms. The van der Waals surface area contributed by atoms with Crippen LogP contribution in [0.5, 0.6) is 0 Å². The van der Waals surface area contributed by atoms with Crippen LogP contribution in [0.4, 0.5) is 5.82 Å². The second kappa shape index (κ2) is 6.41. The molecule has 4 rings (SSSR count). The molecule has 1 aliphatic carbocycles. The van der Waals surface area contributed by atoms with E-state index < -0.39 is 0 Å². The van der Waals surface area contributed by atoms with Gasteiger partial charge in [0.15, 0.2) is 0 Å². The van der Waals surface area contributed by atoms with Gasteiger partial charge in [0.1, 0.15) is 11.6 Å². The van der Waals surface area contributed by atoms with Crippen LogP contribution in [0.25, 0.3) is 5.69 Å². The van der Waals surface area contributed by atoms with Crippen molar-refractivity contribution in [1.29, 1.82) is 0 Å². The van der Waals surface area contributed by atoms with Gasteiger partial charge in [-0.05, 0) is 37.6 Å². The van der Waals surface area contributed by atoms with Crippen molar-refractivity contribution in [2.75, 3.05) is 5.32 Å². The largest absolute Gasteiger partial charge is 0.469 e. The van der Waals surface area contributed by atoms with Gasteiger partial charge in [-0.3, -0.25) is 4.79 Å². The average Bonchev–Trinajstić information content (AvgIpc) is 3.10. The Labute approximate surface area is 159 Å². The number of nitrogens with one attached hydrogen (secondary N) is 1. The minimum atomic E-state index is -0.111. The van der Waals surface area contributed by atoms with Gasteiger partial charge in [-0.25, -0.2) is 4.68 Å². The summed E-state index contributed by atoms with van der Waals surface area (Å²) in [5, 5.41) is 7.98. The topological polar surface area (TPSA) is 60.1 Å². The Morgan fingerprint density at radius 1 is 1.19 bits per heavy atom. The van der Waals surface area contributed by atoms with Crippen LogP contribution < -0.4 is 5.32 Å². The van der Waals surface area contributed by atoms with Crippen molar-refractivity contribution in [2.45, 2.75) is 45.4 Å². The summed E-state index contributed by atoms with van der Waals surface area (Å²) in [4.78, 5) is 12.9. The lowest BCUT2D eigenvalue weighted by atomic mass is 9.90. The first-order chi connectivity index (χ1) is 12.9. The minimum absolute atomic E-state index is 0.0250. The van der Waals surface area contributed by atoms with E-state index in [2.05, 4.69) is 26.1 Å². The number of aromatic nitrogens is 2. The summed E-state index contributed by atoms with van der Waals surface area (Å²) in [6.45, 7) is 8.44. The van der Waals surface area contributed by atoms with Crippen LogP contribution in [0, 0.1) is 12.8 Å². The molecule has 0 radical (unpaired) electrons. The van der Waals surface area contributed by atoms with Crippen molar-refractivity contribution in [1.82, 2.24) is 9.78 Å². The Bertz CT molecular complexity index is 950. The molecule has 1 saturated carbocycles. The predicted octanol–water partition coefficient (Wildman–Crippen LogP) is 4.81. The van der Waals surface area contributed by atoms with E-state index in [-0.39, 0.29) is 23.2 Å². The number of rotatable bonds is 4. The maximum Gasteiger partial charge on any atom is 0.229 e. The molecule has 1 aliphatic rings. The number of anilines is 1. The standard InChI is InChI=1S/C22H25N3O2/c1-14-19(22(2,3)4)24-25(15-9-6-5-7-10-15)20(14)23-21(26)17-13-16(17)18-11-8-12-27-18/h5-12,16-17H,13H2,1-4H3,(H,23,26). The number of carbonyl (C=O) groups is 1. The summed E-state index contributed by atoms with van der Waals surface area (Å²) in [6.07, 6.45) is 2.48. The van der Waals surface area contributed by atoms with Crippen molar-refractivity contribution >= 4 is 11.7 Å². The van der Waals surface area contributed by atoms with Gasteiger partial charge in [-0.1, -0.05) is 39.0 Å². The number of nitrogens with zero attached hydrogens (tertiary/aromatic N) is 2. The number of hydrogen-bond donors (Lipinski definition) is 1. The van der Waals surface area contributed by atoms with E-state index in [9.17, 15) is 4.79 Å². The molecule has 2 heterocycles. The Kier molecular flexibility index (Phi) is 4.17. The van der Waals surface area contributed by atoms with Gasteiger partial charge in [0, 0.05) is 22.8 Å². The molecule has 27 heavy (non-hydrogen) atoms. The SMILES string of the molecule is Cc1c(C(C)(C)C)nn(-c2ccccc2)c1NC(=O)C1CC1c1ccco1. The molecule has 0 aliphatic heterocycles. The Hall–Kier alpha value is -2.82. The molecule has 0 saturated heterocycles. The highest BCUT2D eigenvalue weighted by molar-refractivity contribution is 5.95. The molecule has 140 valence electrons. The monoisotopic (exact) mass is 363 g/mol. The minimum Gasteiger partial charge on any atom is -0.469 e. The second-order valence-electron chi connectivity index (χ2n) is 8.27. The van der Waals surface area contributed by atoms with Crippen molar-refractivity contribution in [3.8, 4) is 5.69 Å². The fraction of sp³-hybridized carbons (Fsp3) is 0.364. The lowest BCUT2D eigenvalue weighted by Gasteiger charge is -2.16. The molecule has 1 N–H and O–H groups in total. The van der Waals surface area contributed by atoms with E-state index in [1.807, 2.05) is 54.1 Å². The zero-order valence-corrected chi connectivity index (χ0v) is 16.2. The molecule has 1 amide bonds. The first-order valence-corrected chi connectivity index (χ1v) is 9.36. The van der Waals surface area contributed by atoms with Crippen molar-refractivity contribution < 1.29 is 9.21 Å². The van der Waals surface area contributed by atoms with Gasteiger partial charge in [0.05, 0.1) is 17.6 Å². The number of hydrogen-bond acceptors (Lipinski definition) is 3. The van der Waals surface area contributed by atoms with Gasteiger partial charge >= 0.3 is 0 Å². The van der Waals surface area contributed by atoms with Crippen LogP contribution in [0.2, 0.25) is 0 Å². The highest BCUT2D eigenvalue weighted by Crippen LogP contribution is 2.48. The summed E-state index contributed by atoms with van der Waals surface area (Å²) in [5.74, 6) is 1.79. The third kappa shape index (κ3) is 3.29. The summed E-state index contributed by atoms with van der Waals surface area (Å²) >= 11 is 0. The summed E-state index contributed by atoms with van der Waals surface area (Å²) < 4.78 is 7.30. The highest BCUT2D eigenvalue weighted by atomic mass is 16.3. The van der Waals surface area contributed by atoms with Gasteiger partial charge in [0.25, 0.3) is 0 Å². The third-order valence-electron chi connectivity index (χ3n) is 5.11. The predicted molar refractivity (Wildman–Crippen MR) is 105 cm³/mol.